The number of halogens is 6. The first-order chi connectivity index (χ1) is 18.3. The Bertz CT molecular complexity index is 952. The minimum Gasteiger partial charge on any atom is -0.457 e. The molecule has 236 valence electrons. The largest absolute Gasteiger partial charge is 0.457 e. The molecule has 0 amide bonds. The van der Waals surface area contributed by atoms with E-state index in [-0.39, 0.29) is 13.8 Å². The average molecular weight is 610 g/mol. The Labute approximate surface area is 230 Å². The minimum atomic E-state index is -5.36. The van der Waals surface area contributed by atoms with Gasteiger partial charge in [0.2, 0.25) is 0 Å². The van der Waals surface area contributed by atoms with Crippen LogP contribution in [0.4, 0.5) is 26.3 Å². The van der Waals surface area contributed by atoms with Crippen molar-refractivity contribution in [1.29, 1.82) is 0 Å². The monoisotopic (exact) mass is 610 g/mol. The number of ether oxygens (including phenoxy) is 5. The standard InChI is InChI=1S/C24H32F6O11/c1-19(2,40-13(31)9-37-17(33)21(5,35)23(25,26)27)15-11-7-8-12(39-11)16(15)20(3,4)41-14(32)10-38-18(34)22(6,36)24(28,29)30/h11-12,15-16,35-36H,7-10H2,1-6H3. The van der Waals surface area contributed by atoms with Crippen LogP contribution in [-0.2, 0) is 42.9 Å². The van der Waals surface area contributed by atoms with E-state index in [1.165, 1.54) is 27.7 Å². The molecule has 0 saturated carbocycles. The topological polar surface area (TPSA) is 155 Å². The van der Waals surface area contributed by atoms with E-state index in [1.54, 1.807) is 0 Å². The molecule has 11 nitrogen and oxygen atoms in total. The van der Waals surface area contributed by atoms with Crippen molar-refractivity contribution in [2.24, 2.45) is 11.8 Å². The van der Waals surface area contributed by atoms with Crippen molar-refractivity contribution in [1.82, 2.24) is 0 Å². The molecule has 0 spiro atoms. The summed E-state index contributed by atoms with van der Waals surface area (Å²) in [5.74, 6) is -8.13. The molecule has 6 unspecified atom stereocenters. The molecule has 41 heavy (non-hydrogen) atoms. The van der Waals surface area contributed by atoms with Crippen molar-refractivity contribution in [2.75, 3.05) is 13.2 Å². The summed E-state index contributed by atoms with van der Waals surface area (Å²) in [6, 6.07) is 0. The summed E-state index contributed by atoms with van der Waals surface area (Å²) in [6.45, 7) is 3.57. The molecule has 17 heteroatoms. The van der Waals surface area contributed by atoms with E-state index in [0.717, 1.165) is 0 Å². The molecule has 0 radical (unpaired) electrons. The van der Waals surface area contributed by atoms with Gasteiger partial charge in [-0.2, -0.15) is 26.3 Å². The van der Waals surface area contributed by atoms with E-state index in [0.29, 0.717) is 12.8 Å². The molecular weight excluding hydrogens is 578 g/mol. The van der Waals surface area contributed by atoms with E-state index >= 15 is 0 Å². The van der Waals surface area contributed by atoms with Crippen LogP contribution in [0.15, 0.2) is 0 Å². The van der Waals surface area contributed by atoms with Crippen LogP contribution in [0.1, 0.15) is 54.4 Å². The lowest BCUT2D eigenvalue weighted by atomic mass is 9.65. The third kappa shape index (κ3) is 7.23. The summed E-state index contributed by atoms with van der Waals surface area (Å²) in [5.41, 5.74) is -10.6. The summed E-state index contributed by atoms with van der Waals surface area (Å²) >= 11 is 0. The van der Waals surface area contributed by atoms with Crippen LogP contribution in [-0.4, -0.2) is 94.3 Å². The highest BCUT2D eigenvalue weighted by Gasteiger charge is 2.62. The fourth-order valence-electron chi connectivity index (χ4n) is 4.98. The second-order valence-electron chi connectivity index (χ2n) is 11.3. The molecular formula is C24H32F6O11. The molecule has 2 rings (SSSR count). The highest BCUT2D eigenvalue weighted by atomic mass is 19.4. The lowest BCUT2D eigenvalue weighted by molar-refractivity contribution is -0.257. The number of esters is 4. The van der Waals surface area contributed by atoms with Gasteiger partial charge in [0.25, 0.3) is 11.2 Å². The lowest BCUT2D eigenvalue weighted by Crippen LogP contribution is -2.54. The number of carbonyl (C=O) groups is 4. The molecule has 0 aromatic carbocycles. The summed E-state index contributed by atoms with van der Waals surface area (Å²) in [4.78, 5) is 48.1. The Morgan fingerprint density at radius 3 is 1.22 bits per heavy atom. The molecule has 6 atom stereocenters. The number of alkyl halides is 6. The Hall–Kier alpha value is -2.66. The fraction of sp³-hybridized carbons (Fsp3) is 0.833. The first-order valence-corrected chi connectivity index (χ1v) is 12.3. The number of hydrogen-bond acceptors (Lipinski definition) is 11. The maximum Gasteiger partial charge on any atom is 0.427 e. The molecule has 2 N–H and O–H groups in total. The fourth-order valence-corrected chi connectivity index (χ4v) is 4.98. The second kappa shape index (κ2) is 11.2. The van der Waals surface area contributed by atoms with Gasteiger partial charge in [0.15, 0.2) is 13.2 Å². The average Bonchev–Trinajstić information content (AvgIpc) is 3.41. The Morgan fingerprint density at radius 2 is 0.951 bits per heavy atom. The molecule has 2 heterocycles. The Balaban J connectivity index is 2.09. The van der Waals surface area contributed by atoms with Crippen LogP contribution < -0.4 is 0 Å². The molecule has 2 aliphatic heterocycles. The zero-order valence-electron chi connectivity index (χ0n) is 23.0. The normalized spacial score (nSPS) is 26.0. The van der Waals surface area contributed by atoms with E-state index < -0.39 is 95.9 Å². The number of fused-ring (bicyclic) bond motifs is 2. The number of aliphatic hydroxyl groups is 2. The second-order valence-corrected chi connectivity index (χ2v) is 11.3. The molecule has 2 saturated heterocycles. The smallest absolute Gasteiger partial charge is 0.427 e. The third-order valence-electron chi connectivity index (χ3n) is 7.17. The van der Waals surface area contributed by atoms with Gasteiger partial charge in [-0.15, -0.1) is 0 Å². The van der Waals surface area contributed by atoms with Gasteiger partial charge in [0.05, 0.1) is 12.2 Å². The Kier molecular flexibility index (Phi) is 9.44. The first kappa shape index (κ1) is 34.5. The SMILES string of the molecule is CC(C)(OC(=O)COC(=O)C(C)(O)C(F)(F)F)C1C2CCC(O2)C1C(C)(C)OC(=O)COC(=O)C(C)(O)C(F)(F)F. The number of rotatable bonds is 10. The number of hydrogen-bond donors (Lipinski definition) is 2. The van der Waals surface area contributed by atoms with Crippen LogP contribution in [0.5, 0.6) is 0 Å². The summed E-state index contributed by atoms with van der Waals surface area (Å²) < 4.78 is 102. The molecule has 0 aromatic heterocycles. The first-order valence-electron chi connectivity index (χ1n) is 12.3. The van der Waals surface area contributed by atoms with Gasteiger partial charge in [-0.25, -0.2) is 19.2 Å². The van der Waals surface area contributed by atoms with E-state index in [2.05, 4.69) is 9.47 Å². The quantitative estimate of drug-likeness (QED) is 0.212. The minimum absolute atomic E-state index is 0.158. The number of carbonyl (C=O) groups excluding carboxylic acids is 4. The van der Waals surface area contributed by atoms with Gasteiger partial charge in [-0.05, 0) is 54.4 Å². The molecule has 2 fully saturated rings. The summed E-state index contributed by atoms with van der Waals surface area (Å²) in [7, 11) is 0. The van der Waals surface area contributed by atoms with Crippen molar-refractivity contribution in [3.05, 3.63) is 0 Å². The molecule has 0 aliphatic carbocycles. The van der Waals surface area contributed by atoms with E-state index in [9.17, 15) is 55.7 Å². The van der Waals surface area contributed by atoms with Crippen molar-refractivity contribution < 1.29 is 79.4 Å². The summed E-state index contributed by atoms with van der Waals surface area (Å²) in [5, 5.41) is 18.7. The van der Waals surface area contributed by atoms with Gasteiger partial charge in [-0.3, -0.25) is 0 Å². The molecule has 2 aliphatic rings. The predicted molar refractivity (Wildman–Crippen MR) is 120 cm³/mol. The van der Waals surface area contributed by atoms with E-state index in [1.807, 2.05) is 0 Å². The van der Waals surface area contributed by atoms with Crippen molar-refractivity contribution in [3.63, 3.8) is 0 Å². The van der Waals surface area contributed by atoms with Crippen molar-refractivity contribution in [2.45, 2.75) is 101 Å². The van der Waals surface area contributed by atoms with Crippen LogP contribution in [0, 0.1) is 11.8 Å². The van der Waals surface area contributed by atoms with Crippen LogP contribution in [0.3, 0.4) is 0 Å². The lowest BCUT2D eigenvalue weighted by Gasteiger charge is -2.45. The highest BCUT2D eigenvalue weighted by Crippen LogP contribution is 2.53. The van der Waals surface area contributed by atoms with Gasteiger partial charge in [0.1, 0.15) is 11.2 Å². The van der Waals surface area contributed by atoms with Crippen LogP contribution >= 0.6 is 0 Å². The zero-order chi connectivity index (χ0) is 32.0. The molecule has 2 bridgehead atoms. The summed E-state index contributed by atoms with van der Waals surface area (Å²) in [6.07, 6.45) is -10.8. The van der Waals surface area contributed by atoms with Gasteiger partial charge < -0.3 is 33.9 Å². The maximum absolute atomic E-state index is 12.8. The molecule has 0 aromatic rings. The Morgan fingerprint density at radius 1 is 0.659 bits per heavy atom. The zero-order valence-corrected chi connectivity index (χ0v) is 23.0. The van der Waals surface area contributed by atoms with Crippen LogP contribution in [0.25, 0.3) is 0 Å². The van der Waals surface area contributed by atoms with E-state index in [4.69, 9.17) is 14.2 Å². The van der Waals surface area contributed by atoms with Gasteiger partial charge in [0, 0.05) is 11.8 Å². The third-order valence-corrected chi connectivity index (χ3v) is 7.17. The predicted octanol–water partition coefficient (Wildman–Crippen LogP) is 2.14. The van der Waals surface area contributed by atoms with Gasteiger partial charge >= 0.3 is 36.2 Å². The maximum atomic E-state index is 12.8. The van der Waals surface area contributed by atoms with Crippen LogP contribution in [0.2, 0.25) is 0 Å². The highest BCUT2D eigenvalue weighted by molar-refractivity contribution is 5.83. The van der Waals surface area contributed by atoms with Crippen molar-refractivity contribution in [3.8, 4) is 0 Å². The van der Waals surface area contributed by atoms with Gasteiger partial charge in [-0.1, -0.05) is 0 Å². The van der Waals surface area contributed by atoms with Crippen molar-refractivity contribution >= 4 is 23.9 Å².